The first-order valence-corrected chi connectivity index (χ1v) is 6.67. The molecule has 1 amide bonds. The Morgan fingerprint density at radius 3 is 2.47 bits per heavy atom. The van der Waals surface area contributed by atoms with E-state index in [1.165, 1.54) is 11.6 Å². The van der Waals surface area contributed by atoms with Crippen molar-refractivity contribution in [3.63, 3.8) is 0 Å². The Kier molecular flexibility index (Phi) is 5.77. The maximum atomic E-state index is 11.8. The molecule has 0 unspecified atom stereocenters. The molecule has 1 rings (SSSR count). The molecule has 1 aromatic rings. The second-order valence-corrected chi connectivity index (χ2v) is 5.28. The largest absolute Gasteiger partial charge is 0.396 e. The summed E-state index contributed by atoms with van der Waals surface area (Å²) in [5, 5.41) is 11.8. The monoisotopic (exact) mass is 261 g/mol. The average Bonchev–Trinajstić information content (AvgIpc) is 2.36. The van der Waals surface area contributed by atoms with Crippen molar-refractivity contribution in [2.24, 2.45) is 0 Å². The van der Waals surface area contributed by atoms with Gasteiger partial charge >= 0.3 is 0 Å². The summed E-state index contributed by atoms with van der Waals surface area (Å²) in [7, 11) is 0. The van der Waals surface area contributed by atoms with E-state index in [-0.39, 0.29) is 18.1 Å². The number of hydrogen-bond acceptors (Lipinski definition) is 2. The summed E-state index contributed by atoms with van der Waals surface area (Å²) in [5.74, 6) is -0.141. The van der Waals surface area contributed by atoms with Crippen LogP contribution in [0.15, 0.2) is 30.3 Å². The van der Waals surface area contributed by atoms with E-state index in [1.54, 1.807) is 6.08 Å². The molecule has 0 saturated carbocycles. The molecule has 104 valence electrons. The molecule has 3 nitrogen and oxygen atoms in total. The molecule has 0 atom stereocenters. The maximum absolute atomic E-state index is 11.8. The zero-order valence-corrected chi connectivity index (χ0v) is 11.9. The van der Waals surface area contributed by atoms with Gasteiger partial charge in [0.25, 0.3) is 0 Å². The SMILES string of the molecule is CCc1ccc(/C=C/C(=O)NC(C)(C)CCO)cc1. The highest BCUT2D eigenvalue weighted by Gasteiger charge is 2.17. The number of aliphatic hydroxyl groups is 1. The molecule has 0 heterocycles. The summed E-state index contributed by atoms with van der Waals surface area (Å²) in [5.41, 5.74) is 1.90. The predicted molar refractivity (Wildman–Crippen MR) is 78.8 cm³/mol. The minimum Gasteiger partial charge on any atom is -0.396 e. The van der Waals surface area contributed by atoms with Gasteiger partial charge in [-0.1, -0.05) is 31.2 Å². The molecule has 0 aromatic heterocycles. The van der Waals surface area contributed by atoms with E-state index < -0.39 is 0 Å². The summed E-state index contributed by atoms with van der Waals surface area (Å²) in [4.78, 5) is 11.8. The lowest BCUT2D eigenvalue weighted by Crippen LogP contribution is -2.43. The number of aliphatic hydroxyl groups excluding tert-OH is 1. The van der Waals surface area contributed by atoms with Gasteiger partial charge in [-0.3, -0.25) is 4.79 Å². The molecule has 0 saturated heterocycles. The number of carbonyl (C=O) groups excluding carboxylic acids is 1. The van der Waals surface area contributed by atoms with Gasteiger partial charge in [-0.25, -0.2) is 0 Å². The van der Waals surface area contributed by atoms with Gasteiger partial charge in [0, 0.05) is 18.2 Å². The third kappa shape index (κ3) is 5.71. The molecule has 0 aliphatic rings. The first kappa shape index (κ1) is 15.4. The number of carbonyl (C=O) groups is 1. The summed E-state index contributed by atoms with van der Waals surface area (Å²) in [6.45, 7) is 5.97. The van der Waals surface area contributed by atoms with Crippen molar-refractivity contribution in [2.45, 2.75) is 39.2 Å². The summed E-state index contributed by atoms with van der Waals surface area (Å²) in [6.07, 6.45) is 4.88. The number of aryl methyl sites for hydroxylation is 1. The quantitative estimate of drug-likeness (QED) is 0.773. The Labute approximate surface area is 115 Å². The van der Waals surface area contributed by atoms with Crippen LogP contribution in [0, 0.1) is 0 Å². The molecule has 0 bridgehead atoms. The van der Waals surface area contributed by atoms with Crippen molar-refractivity contribution in [1.82, 2.24) is 5.32 Å². The van der Waals surface area contributed by atoms with Crippen molar-refractivity contribution < 1.29 is 9.90 Å². The van der Waals surface area contributed by atoms with Crippen molar-refractivity contribution in [1.29, 1.82) is 0 Å². The zero-order chi connectivity index (χ0) is 14.3. The highest BCUT2D eigenvalue weighted by Crippen LogP contribution is 2.09. The van der Waals surface area contributed by atoms with E-state index in [1.807, 2.05) is 26.0 Å². The number of nitrogens with one attached hydrogen (secondary N) is 1. The van der Waals surface area contributed by atoms with Gasteiger partial charge in [-0.05, 0) is 43.9 Å². The lowest BCUT2D eigenvalue weighted by atomic mass is 10.0. The number of amides is 1. The Bertz CT molecular complexity index is 433. The molecule has 0 aliphatic heterocycles. The second-order valence-electron chi connectivity index (χ2n) is 5.28. The molecular formula is C16H23NO2. The fourth-order valence-corrected chi connectivity index (χ4v) is 1.75. The van der Waals surface area contributed by atoms with E-state index in [2.05, 4.69) is 24.4 Å². The van der Waals surface area contributed by atoms with Crippen LogP contribution in [0.1, 0.15) is 38.3 Å². The van der Waals surface area contributed by atoms with Gasteiger partial charge in [0.1, 0.15) is 0 Å². The zero-order valence-electron chi connectivity index (χ0n) is 11.9. The molecule has 0 radical (unpaired) electrons. The normalized spacial score (nSPS) is 11.8. The maximum Gasteiger partial charge on any atom is 0.244 e. The molecule has 1 aromatic carbocycles. The van der Waals surface area contributed by atoms with Gasteiger partial charge in [0.15, 0.2) is 0 Å². The van der Waals surface area contributed by atoms with E-state index in [4.69, 9.17) is 5.11 Å². The first-order valence-electron chi connectivity index (χ1n) is 6.67. The van der Waals surface area contributed by atoms with Crippen LogP contribution in [-0.2, 0) is 11.2 Å². The molecule has 2 N–H and O–H groups in total. The van der Waals surface area contributed by atoms with E-state index in [0.29, 0.717) is 6.42 Å². The molecule has 0 spiro atoms. The Hall–Kier alpha value is -1.61. The minimum atomic E-state index is -0.387. The Morgan fingerprint density at radius 1 is 1.32 bits per heavy atom. The Balaban J connectivity index is 2.58. The van der Waals surface area contributed by atoms with Crippen LogP contribution in [0.5, 0.6) is 0 Å². The smallest absolute Gasteiger partial charge is 0.244 e. The highest BCUT2D eigenvalue weighted by molar-refractivity contribution is 5.92. The minimum absolute atomic E-state index is 0.0650. The fourth-order valence-electron chi connectivity index (χ4n) is 1.75. The van der Waals surface area contributed by atoms with Crippen molar-refractivity contribution >= 4 is 12.0 Å². The van der Waals surface area contributed by atoms with Crippen LogP contribution in [0.4, 0.5) is 0 Å². The predicted octanol–water partition coefficient (Wildman–Crippen LogP) is 2.54. The lowest BCUT2D eigenvalue weighted by molar-refractivity contribution is -0.118. The van der Waals surface area contributed by atoms with E-state index in [9.17, 15) is 4.79 Å². The average molecular weight is 261 g/mol. The Morgan fingerprint density at radius 2 is 1.95 bits per heavy atom. The number of hydrogen-bond donors (Lipinski definition) is 2. The third-order valence-electron chi connectivity index (χ3n) is 3.01. The lowest BCUT2D eigenvalue weighted by Gasteiger charge is -2.24. The summed E-state index contributed by atoms with van der Waals surface area (Å²) in [6, 6.07) is 8.13. The topological polar surface area (TPSA) is 49.3 Å². The van der Waals surface area contributed by atoms with Crippen LogP contribution in [0.25, 0.3) is 6.08 Å². The summed E-state index contributed by atoms with van der Waals surface area (Å²) < 4.78 is 0. The van der Waals surface area contributed by atoms with Gasteiger partial charge in [0.05, 0.1) is 0 Å². The summed E-state index contributed by atoms with van der Waals surface area (Å²) >= 11 is 0. The molecular weight excluding hydrogens is 238 g/mol. The molecule has 19 heavy (non-hydrogen) atoms. The number of rotatable bonds is 6. The van der Waals surface area contributed by atoms with Crippen LogP contribution < -0.4 is 5.32 Å². The third-order valence-corrected chi connectivity index (χ3v) is 3.01. The van der Waals surface area contributed by atoms with Crippen molar-refractivity contribution in [2.75, 3.05) is 6.61 Å². The molecule has 0 fully saturated rings. The van der Waals surface area contributed by atoms with Gasteiger partial charge in [-0.15, -0.1) is 0 Å². The van der Waals surface area contributed by atoms with Gasteiger partial charge in [0.2, 0.25) is 5.91 Å². The first-order chi connectivity index (χ1) is 8.96. The molecule has 0 aliphatic carbocycles. The van der Waals surface area contributed by atoms with Crippen molar-refractivity contribution in [3.8, 4) is 0 Å². The molecule has 3 heteroatoms. The number of benzene rings is 1. The van der Waals surface area contributed by atoms with Gasteiger partial charge < -0.3 is 10.4 Å². The van der Waals surface area contributed by atoms with Crippen LogP contribution >= 0.6 is 0 Å². The second kappa shape index (κ2) is 7.10. The van der Waals surface area contributed by atoms with Crippen molar-refractivity contribution in [3.05, 3.63) is 41.5 Å². The van der Waals surface area contributed by atoms with Gasteiger partial charge in [-0.2, -0.15) is 0 Å². The van der Waals surface area contributed by atoms with E-state index >= 15 is 0 Å². The van der Waals surface area contributed by atoms with E-state index in [0.717, 1.165) is 12.0 Å². The van der Waals surface area contributed by atoms with Crippen LogP contribution in [0.3, 0.4) is 0 Å². The standard InChI is InChI=1S/C16H23NO2/c1-4-13-5-7-14(8-6-13)9-10-15(19)17-16(2,3)11-12-18/h5-10,18H,4,11-12H2,1-3H3,(H,17,19)/b10-9+. The highest BCUT2D eigenvalue weighted by atomic mass is 16.3. The van der Waals surface area contributed by atoms with Crippen LogP contribution in [0.2, 0.25) is 0 Å². The van der Waals surface area contributed by atoms with Crippen LogP contribution in [-0.4, -0.2) is 23.2 Å². The fraction of sp³-hybridized carbons (Fsp3) is 0.438.